The molecule has 0 atom stereocenters. The van der Waals surface area contributed by atoms with Gasteiger partial charge in [-0.2, -0.15) is 0 Å². The van der Waals surface area contributed by atoms with E-state index in [9.17, 15) is 4.79 Å². The Hall–Kier alpha value is -2.73. The van der Waals surface area contributed by atoms with E-state index in [1.807, 2.05) is 34.5 Å². The second-order valence-corrected chi connectivity index (χ2v) is 7.53. The van der Waals surface area contributed by atoms with Crippen LogP contribution in [0.3, 0.4) is 0 Å². The fraction of sp³-hybridized carbons (Fsp3) is 0.286. The average Bonchev–Trinajstić information content (AvgIpc) is 3.28. The maximum atomic E-state index is 12.4. The summed E-state index contributed by atoms with van der Waals surface area (Å²) in [5.74, 6) is 0.994. The highest BCUT2D eigenvalue weighted by Crippen LogP contribution is 2.21. The topological polar surface area (TPSA) is 49.3 Å². The van der Waals surface area contributed by atoms with Gasteiger partial charge in [0.1, 0.15) is 0 Å². The second-order valence-electron chi connectivity index (χ2n) is 6.58. The van der Waals surface area contributed by atoms with Gasteiger partial charge in [0.2, 0.25) is 0 Å². The molecule has 3 heterocycles. The number of hydrogen-bond acceptors (Lipinski definition) is 5. The number of carbonyl (C=O) groups excluding carboxylic acids is 1. The molecule has 138 valence electrons. The van der Waals surface area contributed by atoms with E-state index < -0.39 is 0 Å². The molecule has 1 saturated heterocycles. The summed E-state index contributed by atoms with van der Waals surface area (Å²) in [6.07, 6.45) is 1.03. The molecular formula is C21H22N4OS. The Morgan fingerprint density at radius 3 is 2.37 bits per heavy atom. The smallest absolute Gasteiger partial charge is 0.264 e. The molecule has 0 spiro atoms. The van der Waals surface area contributed by atoms with Crippen molar-refractivity contribution >= 4 is 23.1 Å². The lowest BCUT2D eigenvalue weighted by atomic mass is 10.1. The fourth-order valence-corrected chi connectivity index (χ4v) is 3.94. The van der Waals surface area contributed by atoms with E-state index in [0.29, 0.717) is 13.1 Å². The van der Waals surface area contributed by atoms with E-state index in [1.165, 1.54) is 16.9 Å². The number of amides is 1. The van der Waals surface area contributed by atoms with Crippen LogP contribution in [0, 0.1) is 0 Å². The van der Waals surface area contributed by atoms with E-state index in [4.69, 9.17) is 0 Å². The standard InChI is InChI=1S/C21H22N4OS/c1-2-16-5-7-17(8-6-16)18-9-10-20(23-22-18)24-11-13-25(14-12-24)21(26)19-4-3-15-27-19/h3-10,15H,2,11-14H2,1H3. The number of nitrogens with zero attached hydrogens (tertiary/aromatic N) is 4. The number of hydrogen-bond donors (Lipinski definition) is 0. The van der Waals surface area contributed by atoms with E-state index >= 15 is 0 Å². The first-order valence-electron chi connectivity index (χ1n) is 9.25. The van der Waals surface area contributed by atoms with Crippen molar-refractivity contribution in [1.29, 1.82) is 0 Å². The van der Waals surface area contributed by atoms with Crippen LogP contribution in [0.4, 0.5) is 5.82 Å². The van der Waals surface area contributed by atoms with Crippen molar-refractivity contribution < 1.29 is 4.79 Å². The van der Waals surface area contributed by atoms with Crippen molar-refractivity contribution in [2.45, 2.75) is 13.3 Å². The maximum absolute atomic E-state index is 12.4. The van der Waals surface area contributed by atoms with Crippen LogP contribution < -0.4 is 4.90 Å². The lowest BCUT2D eigenvalue weighted by Gasteiger charge is -2.35. The van der Waals surface area contributed by atoms with Crippen molar-refractivity contribution in [3.05, 3.63) is 64.4 Å². The molecule has 0 radical (unpaired) electrons. The minimum atomic E-state index is 0.126. The third kappa shape index (κ3) is 3.85. The molecule has 2 aromatic heterocycles. The highest BCUT2D eigenvalue weighted by atomic mass is 32.1. The van der Waals surface area contributed by atoms with Gasteiger partial charge in [0.05, 0.1) is 10.6 Å². The zero-order chi connectivity index (χ0) is 18.6. The molecule has 6 heteroatoms. The fourth-order valence-electron chi connectivity index (χ4n) is 3.25. The van der Waals surface area contributed by atoms with Gasteiger partial charge in [-0.15, -0.1) is 21.5 Å². The van der Waals surface area contributed by atoms with E-state index in [1.54, 1.807) is 0 Å². The van der Waals surface area contributed by atoms with Gasteiger partial charge in [-0.05, 0) is 35.6 Å². The highest BCUT2D eigenvalue weighted by Gasteiger charge is 2.23. The summed E-state index contributed by atoms with van der Waals surface area (Å²) in [7, 11) is 0. The van der Waals surface area contributed by atoms with E-state index in [2.05, 4.69) is 46.3 Å². The number of piperazine rings is 1. The number of thiophene rings is 1. The summed E-state index contributed by atoms with van der Waals surface area (Å²) in [5.41, 5.74) is 3.28. The Kier molecular flexibility index (Phi) is 5.16. The number of anilines is 1. The zero-order valence-electron chi connectivity index (χ0n) is 15.3. The van der Waals surface area contributed by atoms with Gasteiger partial charge in [0, 0.05) is 31.7 Å². The molecule has 0 aliphatic carbocycles. The molecule has 0 bridgehead atoms. The molecule has 1 aliphatic heterocycles. The van der Waals surface area contributed by atoms with Crippen LogP contribution in [0.1, 0.15) is 22.2 Å². The summed E-state index contributed by atoms with van der Waals surface area (Å²) >= 11 is 1.50. The molecule has 1 fully saturated rings. The van der Waals surface area contributed by atoms with Crippen LogP contribution in [0.15, 0.2) is 53.9 Å². The summed E-state index contributed by atoms with van der Waals surface area (Å²) in [6, 6.07) is 16.3. The van der Waals surface area contributed by atoms with Gasteiger partial charge < -0.3 is 9.80 Å². The lowest BCUT2D eigenvalue weighted by Crippen LogP contribution is -2.48. The molecule has 0 N–H and O–H groups in total. The third-order valence-electron chi connectivity index (χ3n) is 4.93. The SMILES string of the molecule is CCc1ccc(-c2ccc(N3CCN(C(=O)c4cccs4)CC3)nn2)cc1. The molecule has 1 aromatic carbocycles. The predicted molar refractivity (Wildman–Crippen MR) is 109 cm³/mol. The molecule has 0 saturated carbocycles. The Labute approximate surface area is 163 Å². The minimum Gasteiger partial charge on any atom is -0.352 e. The molecule has 1 amide bonds. The Morgan fingerprint density at radius 1 is 1.00 bits per heavy atom. The number of carbonyl (C=O) groups is 1. The van der Waals surface area contributed by atoms with E-state index in [0.717, 1.165) is 41.5 Å². The maximum Gasteiger partial charge on any atom is 0.264 e. The number of benzene rings is 1. The van der Waals surface area contributed by atoms with Crippen molar-refractivity contribution in [1.82, 2.24) is 15.1 Å². The quantitative estimate of drug-likeness (QED) is 0.694. The number of aryl methyl sites for hydroxylation is 1. The van der Waals surface area contributed by atoms with Crippen LogP contribution in [0.2, 0.25) is 0 Å². The Balaban J connectivity index is 1.39. The molecule has 27 heavy (non-hydrogen) atoms. The molecule has 1 aliphatic rings. The van der Waals surface area contributed by atoms with Crippen LogP contribution in [0.25, 0.3) is 11.3 Å². The van der Waals surface area contributed by atoms with Crippen LogP contribution in [-0.2, 0) is 6.42 Å². The molecule has 5 nitrogen and oxygen atoms in total. The molecule has 0 unspecified atom stereocenters. The Bertz CT molecular complexity index is 883. The number of rotatable bonds is 4. The summed E-state index contributed by atoms with van der Waals surface area (Å²) in [5, 5.41) is 10.8. The highest BCUT2D eigenvalue weighted by molar-refractivity contribution is 7.12. The Morgan fingerprint density at radius 2 is 1.78 bits per heavy atom. The van der Waals surface area contributed by atoms with Gasteiger partial charge in [0.15, 0.2) is 5.82 Å². The van der Waals surface area contributed by atoms with Gasteiger partial charge >= 0.3 is 0 Å². The summed E-state index contributed by atoms with van der Waals surface area (Å²) in [6.45, 7) is 5.11. The van der Waals surface area contributed by atoms with Crippen LogP contribution >= 0.6 is 11.3 Å². The van der Waals surface area contributed by atoms with Gasteiger partial charge in [0.25, 0.3) is 5.91 Å². The normalized spacial score (nSPS) is 14.4. The minimum absolute atomic E-state index is 0.126. The molecular weight excluding hydrogens is 356 g/mol. The monoisotopic (exact) mass is 378 g/mol. The second kappa shape index (κ2) is 7.88. The van der Waals surface area contributed by atoms with Gasteiger partial charge in [-0.25, -0.2) is 0 Å². The first-order chi connectivity index (χ1) is 13.2. The lowest BCUT2D eigenvalue weighted by molar-refractivity contribution is 0.0751. The van der Waals surface area contributed by atoms with Crippen molar-refractivity contribution in [3.8, 4) is 11.3 Å². The zero-order valence-corrected chi connectivity index (χ0v) is 16.2. The van der Waals surface area contributed by atoms with Gasteiger partial charge in [-0.3, -0.25) is 4.79 Å². The molecule has 3 aromatic rings. The molecule has 4 rings (SSSR count). The average molecular weight is 379 g/mol. The summed E-state index contributed by atoms with van der Waals surface area (Å²) < 4.78 is 0. The predicted octanol–water partition coefficient (Wildman–Crippen LogP) is 3.73. The first-order valence-corrected chi connectivity index (χ1v) is 10.1. The van der Waals surface area contributed by atoms with Crippen molar-refractivity contribution in [2.24, 2.45) is 0 Å². The first kappa shape index (κ1) is 17.7. The van der Waals surface area contributed by atoms with E-state index in [-0.39, 0.29) is 5.91 Å². The third-order valence-corrected chi connectivity index (χ3v) is 5.79. The number of aromatic nitrogens is 2. The van der Waals surface area contributed by atoms with Crippen LogP contribution in [0.5, 0.6) is 0 Å². The van der Waals surface area contributed by atoms with Crippen molar-refractivity contribution in [3.63, 3.8) is 0 Å². The van der Waals surface area contributed by atoms with Crippen molar-refractivity contribution in [2.75, 3.05) is 31.1 Å². The summed E-state index contributed by atoms with van der Waals surface area (Å²) in [4.78, 5) is 17.4. The van der Waals surface area contributed by atoms with Crippen LogP contribution in [-0.4, -0.2) is 47.2 Å². The van der Waals surface area contributed by atoms with Gasteiger partial charge in [-0.1, -0.05) is 37.3 Å². The largest absolute Gasteiger partial charge is 0.352 e.